The van der Waals surface area contributed by atoms with Gasteiger partial charge in [0.05, 0.1) is 48.1 Å². The van der Waals surface area contributed by atoms with Gasteiger partial charge in [0.15, 0.2) is 47.2 Å². The van der Waals surface area contributed by atoms with Crippen molar-refractivity contribution >= 4 is 123 Å². The van der Waals surface area contributed by atoms with Gasteiger partial charge < -0.3 is 86.6 Å². The number of aromatic nitrogens is 12. The molecule has 11 fully saturated rings. The molecule has 12 atom stereocenters. The molecule has 11 aliphatic rings. The van der Waals surface area contributed by atoms with Gasteiger partial charge in [0, 0.05) is 66.1 Å². The van der Waals surface area contributed by atoms with Gasteiger partial charge in [0.25, 0.3) is 0 Å². The van der Waals surface area contributed by atoms with Crippen LogP contribution in [0.3, 0.4) is 0 Å². The predicted octanol–water partition coefficient (Wildman–Crippen LogP) is 14.2. The van der Waals surface area contributed by atoms with Crippen LogP contribution in [-0.2, 0) is 59.0 Å². The van der Waals surface area contributed by atoms with E-state index in [0.717, 1.165) is 77.4 Å². The van der Waals surface area contributed by atoms with Gasteiger partial charge in [-0.15, -0.1) is 0 Å². The quantitative estimate of drug-likeness (QED) is 0.0238. The lowest BCUT2D eigenvalue weighted by Crippen LogP contribution is -2.57. The maximum Gasteiger partial charge on any atom is 0.329 e. The number of benzene rings is 3. The van der Waals surface area contributed by atoms with E-state index >= 15 is 0 Å². The van der Waals surface area contributed by atoms with Gasteiger partial charge in [0.2, 0.25) is 15.9 Å². The zero-order chi connectivity index (χ0) is 83.4. The molecule has 0 radical (unpaired) electrons. The summed E-state index contributed by atoms with van der Waals surface area (Å²) in [4.78, 5) is 52.6. The lowest BCUT2D eigenvalue weighted by Gasteiger charge is -2.53. The summed E-state index contributed by atoms with van der Waals surface area (Å²) in [6, 6.07) is 22.2. The number of ether oxygens (including phenoxy) is 10. The van der Waals surface area contributed by atoms with Crippen LogP contribution in [0.5, 0.6) is 17.2 Å². The Balaban J connectivity index is 0.000000124. The minimum Gasteiger partial charge on any atom is -0.491 e. The van der Waals surface area contributed by atoms with Crippen molar-refractivity contribution < 1.29 is 76.5 Å². The minimum atomic E-state index is -4.23. The first-order valence-electron chi connectivity index (χ1n) is 41.7. The van der Waals surface area contributed by atoms with Crippen molar-refractivity contribution in [2.45, 2.75) is 226 Å². The molecule has 0 bridgehead atoms. The highest BCUT2D eigenvalue weighted by Gasteiger charge is 2.59. The molecule has 3 saturated carbocycles. The second-order valence-corrected chi connectivity index (χ2v) is 42.9. The van der Waals surface area contributed by atoms with Gasteiger partial charge in [-0.3, -0.25) is 4.57 Å². The van der Waals surface area contributed by atoms with Crippen LogP contribution in [0.25, 0.3) is 33.1 Å². The number of fused-ring (bicyclic) bond motifs is 5. The SMILES string of the molecule is CC1(C)O[C@@H]2[C@H](O1)[C@@H](COc1cccc(CI)c1)O[C@H]2n1ncc2c(N3CC4(CCCCC4)C3)nc(Cl)nc21.CC1(C)O[C@@H]2[C@H](O1)[C@@H](COc1cccc(CP(C)(C)=O)c1)O[C@H]2n1ncc2c(N3CC4(CCCCC4)C3)nc(Cl)nc21.O=P(O)(O)Cc1cccc(OC[C@H]2O[C@@H](n3ncc4c(N5CC6(CCCCC6)C5)nc(Cl)nc43)[C@H](O)[C@@H]2O)c1. The number of halogens is 4. The highest BCUT2D eigenvalue weighted by atomic mass is 127. The van der Waals surface area contributed by atoms with E-state index in [1.54, 1.807) is 47.1 Å². The molecule has 0 amide bonds. The Bertz CT molecular complexity index is 5330. The first-order chi connectivity index (χ1) is 57.4. The van der Waals surface area contributed by atoms with E-state index in [-0.39, 0.29) is 53.5 Å². The van der Waals surface area contributed by atoms with Crippen molar-refractivity contribution in [2.24, 2.45) is 16.2 Å². The van der Waals surface area contributed by atoms with Crippen LogP contribution in [0.1, 0.15) is 159 Å². The first kappa shape index (κ1) is 84.6. The molecular weight excluding hydrogens is 1760 g/mol. The van der Waals surface area contributed by atoms with E-state index in [2.05, 4.69) is 84.4 Å². The Morgan fingerprint density at radius 2 is 0.783 bits per heavy atom. The summed E-state index contributed by atoms with van der Waals surface area (Å²) in [6.07, 6.45) is 16.9. The fourth-order valence-corrected chi connectivity index (χ4v) is 22.7. The molecule has 6 aromatic heterocycles. The number of nitrogens with zero attached hydrogens (tertiary/aromatic N) is 15. The van der Waals surface area contributed by atoms with Crippen molar-refractivity contribution in [2.75, 3.05) is 87.1 Å². The minimum absolute atomic E-state index is 0.0620. The second kappa shape index (κ2) is 33.6. The number of aliphatic hydroxyl groups is 2. The molecule has 4 N–H and O–H groups in total. The van der Waals surface area contributed by atoms with Gasteiger partial charge in [-0.2, -0.15) is 45.2 Å². The van der Waals surface area contributed by atoms with Gasteiger partial charge in [0.1, 0.15) is 109 Å². The molecular formula is C83H103Cl3IN15O16P2. The van der Waals surface area contributed by atoms with E-state index in [9.17, 15) is 29.1 Å². The lowest BCUT2D eigenvalue weighted by molar-refractivity contribution is -0.200. The van der Waals surface area contributed by atoms with Crippen LogP contribution < -0.4 is 28.9 Å². The molecule has 37 heteroatoms. The van der Waals surface area contributed by atoms with Crippen molar-refractivity contribution in [3.05, 3.63) is 124 Å². The number of aliphatic hydroxyl groups excluding tert-OH is 2. The van der Waals surface area contributed by atoms with Crippen molar-refractivity contribution in [1.82, 2.24) is 59.2 Å². The predicted molar refractivity (Wildman–Crippen MR) is 458 cm³/mol. The summed E-state index contributed by atoms with van der Waals surface area (Å²) in [7, 11) is -6.43. The van der Waals surface area contributed by atoms with E-state index in [1.165, 1.54) is 113 Å². The van der Waals surface area contributed by atoms with Gasteiger partial charge in [-0.05, 0) is 167 Å². The average molecular weight is 1860 g/mol. The van der Waals surface area contributed by atoms with E-state index in [1.807, 2.05) is 76.5 Å². The fourth-order valence-electron chi connectivity index (χ4n) is 20.0. The number of hydrogen-bond donors (Lipinski definition) is 4. The Kier molecular flexibility index (Phi) is 23.7. The Hall–Kier alpha value is -6.27. The summed E-state index contributed by atoms with van der Waals surface area (Å²) < 4.78 is 91.9. The summed E-state index contributed by atoms with van der Waals surface area (Å²) in [5, 5.41) is 38.3. The summed E-state index contributed by atoms with van der Waals surface area (Å²) in [5.74, 6) is 2.71. The molecule has 20 rings (SSSR count). The fraction of sp³-hybridized carbons (Fsp3) is 0.602. The van der Waals surface area contributed by atoms with Crippen LogP contribution >= 0.6 is 72.1 Å². The van der Waals surface area contributed by atoms with Gasteiger partial charge in [-0.25, -0.2) is 14.0 Å². The van der Waals surface area contributed by atoms with Gasteiger partial charge in [-0.1, -0.05) is 117 Å². The highest BCUT2D eigenvalue weighted by molar-refractivity contribution is 14.1. The number of alkyl halides is 1. The molecule has 3 aliphatic carbocycles. The summed E-state index contributed by atoms with van der Waals surface area (Å²) in [5.41, 5.74) is 5.44. The molecule has 31 nitrogen and oxygen atoms in total. The third-order valence-corrected chi connectivity index (χ3v) is 28.7. The molecule has 3 spiro atoms. The van der Waals surface area contributed by atoms with E-state index < -0.39 is 81.7 Å². The van der Waals surface area contributed by atoms with Crippen molar-refractivity contribution in [3.63, 3.8) is 0 Å². The number of rotatable bonds is 20. The van der Waals surface area contributed by atoms with E-state index in [4.69, 9.17) is 92.4 Å². The monoisotopic (exact) mass is 1860 g/mol. The first-order valence-corrected chi connectivity index (χ1v) is 49.0. The molecule has 9 aromatic rings. The van der Waals surface area contributed by atoms with Crippen LogP contribution in [0.2, 0.25) is 15.9 Å². The standard InChI is InChI=1S/C30H39ClN5O5P.C28H33ClIN5O4.C25H31ClN5O7P/c1-29(2)40-23-22(15-38-20-10-8-9-19(13-20)16-42(3,4)37)39-27(24(23)41-29)36-26-21(14-32-36)25(33-28(31)34-26)35-17-30(18-35)11-6-5-7-12-30;1-27(2)38-21-20(14-36-18-8-6-7-17(11-18)12-30)37-25(22(21)39-27)35-24-19(13-31-35)23(32-26(29)33-24)34-15-28(16-34)9-4-3-5-10-28;26-24-28-21(30-13-25(14-30)7-2-1-3-8-25)17-10-27-31(22(17)29-24)23-20(33)19(32)18(38-23)11-37-16-6-4-5-15(9-16)12-39(34,35)36/h8-10,13-14,22-24,27H,5-7,11-12,15-18H2,1-4H3;6-8,11,13,20-22,25H,3-5,9-10,12,14-16H2,1-2H3;4-6,9-10,18-20,23,32-33H,1-3,7-8,11-14H2,(H2,34,35,36)/t22-,23-,24-,27-;20-,21-,22-,25-;18-,19-,20-,23-/m111/s1. The molecule has 0 unspecified atom stereocenters. The average Bonchev–Trinajstić information content (AvgIpc) is 1.13. The molecule has 3 aromatic carbocycles. The smallest absolute Gasteiger partial charge is 0.329 e. The largest absolute Gasteiger partial charge is 0.491 e. The Morgan fingerprint density at radius 1 is 0.450 bits per heavy atom. The maximum atomic E-state index is 12.3. The number of hydrogen-bond acceptors (Lipinski definition) is 26. The lowest BCUT2D eigenvalue weighted by atomic mass is 9.68. The molecule has 8 saturated heterocycles. The molecule has 14 heterocycles. The normalized spacial score (nSPS) is 28.0. The third-order valence-electron chi connectivity index (χ3n) is 25.4. The van der Waals surface area contributed by atoms with Gasteiger partial charge >= 0.3 is 7.60 Å². The topological polar surface area (TPSA) is 348 Å². The maximum absolute atomic E-state index is 12.3. The van der Waals surface area contributed by atoms with Crippen LogP contribution in [0, 0.1) is 16.2 Å². The summed E-state index contributed by atoms with van der Waals surface area (Å²) >= 11 is 21.6. The zero-order valence-electron chi connectivity index (χ0n) is 68.0. The van der Waals surface area contributed by atoms with Crippen LogP contribution in [0.4, 0.5) is 17.5 Å². The van der Waals surface area contributed by atoms with Crippen LogP contribution in [-0.4, -0.2) is 218 Å². The highest BCUT2D eigenvalue weighted by Crippen LogP contribution is 2.53. The third kappa shape index (κ3) is 17.8. The molecule has 644 valence electrons. The van der Waals surface area contributed by atoms with E-state index in [0.29, 0.717) is 74.2 Å². The Morgan fingerprint density at radius 3 is 1.15 bits per heavy atom. The summed E-state index contributed by atoms with van der Waals surface area (Å²) in [6.45, 7) is 17.6. The molecule has 120 heavy (non-hydrogen) atoms. The van der Waals surface area contributed by atoms with Crippen molar-refractivity contribution in [3.8, 4) is 17.2 Å². The Labute approximate surface area is 724 Å². The molecule has 8 aliphatic heterocycles. The number of anilines is 3. The van der Waals surface area contributed by atoms with Crippen molar-refractivity contribution in [1.29, 1.82) is 0 Å². The van der Waals surface area contributed by atoms with Crippen LogP contribution in [0.15, 0.2) is 91.4 Å². The second-order valence-electron chi connectivity index (χ2n) is 36.0. The zero-order valence-corrected chi connectivity index (χ0v) is 74.2.